The summed E-state index contributed by atoms with van der Waals surface area (Å²) in [5.41, 5.74) is -0.315. The first kappa shape index (κ1) is 19.0. The first-order chi connectivity index (χ1) is 10.2. The van der Waals surface area contributed by atoms with Gasteiger partial charge in [-0.15, -0.1) is 0 Å². The zero-order valence-electron chi connectivity index (χ0n) is 14.8. The molecule has 1 aliphatic carbocycles. The molecule has 1 N–H and O–H groups in total. The third-order valence-electron chi connectivity index (χ3n) is 5.47. The van der Waals surface area contributed by atoms with Gasteiger partial charge in [-0.1, -0.05) is 90.9 Å². The van der Waals surface area contributed by atoms with Crippen LogP contribution in [0.4, 0.5) is 0 Å². The van der Waals surface area contributed by atoms with Crippen LogP contribution in [0.2, 0.25) is 0 Å². The maximum atomic E-state index is 10.8. The molecule has 1 nitrogen and oxygen atoms in total. The molecule has 0 aliphatic heterocycles. The van der Waals surface area contributed by atoms with Crippen molar-refractivity contribution < 1.29 is 5.11 Å². The van der Waals surface area contributed by atoms with Crippen LogP contribution in [0.1, 0.15) is 117 Å². The summed E-state index contributed by atoms with van der Waals surface area (Å²) in [6, 6.07) is 0. The molecule has 0 aromatic rings. The van der Waals surface area contributed by atoms with Crippen LogP contribution in [0.25, 0.3) is 0 Å². The average Bonchev–Trinajstić information content (AvgIpc) is 2.65. The molecule has 0 amide bonds. The van der Waals surface area contributed by atoms with Gasteiger partial charge < -0.3 is 5.11 Å². The highest BCUT2D eigenvalue weighted by Gasteiger charge is 2.29. The fraction of sp³-hybridized carbons (Fsp3) is 1.00. The summed E-state index contributed by atoms with van der Waals surface area (Å²) in [4.78, 5) is 0. The molecule has 1 rings (SSSR count). The molecular weight excluding hydrogens is 256 g/mol. The molecule has 0 aromatic heterocycles. The SMILES string of the molecule is CCCCCCCCCCC1(O)CCCC(CCC)CC1. The van der Waals surface area contributed by atoms with Gasteiger partial charge in [-0.3, -0.25) is 0 Å². The van der Waals surface area contributed by atoms with Crippen LogP contribution < -0.4 is 0 Å². The van der Waals surface area contributed by atoms with Crippen molar-refractivity contribution in [1.29, 1.82) is 0 Å². The van der Waals surface area contributed by atoms with Gasteiger partial charge in [0, 0.05) is 0 Å². The maximum absolute atomic E-state index is 10.8. The van der Waals surface area contributed by atoms with E-state index in [4.69, 9.17) is 0 Å². The van der Waals surface area contributed by atoms with E-state index in [9.17, 15) is 5.11 Å². The minimum absolute atomic E-state index is 0.315. The Morgan fingerprint density at radius 3 is 2.14 bits per heavy atom. The second-order valence-corrected chi connectivity index (χ2v) is 7.53. The van der Waals surface area contributed by atoms with Gasteiger partial charge in [0.1, 0.15) is 0 Å². The van der Waals surface area contributed by atoms with Crippen molar-refractivity contribution in [2.75, 3.05) is 0 Å². The van der Waals surface area contributed by atoms with E-state index in [1.165, 1.54) is 83.5 Å². The largest absolute Gasteiger partial charge is 0.390 e. The van der Waals surface area contributed by atoms with Gasteiger partial charge in [0.25, 0.3) is 0 Å². The molecule has 1 saturated carbocycles. The molecule has 1 aliphatic rings. The normalized spacial score (nSPS) is 26.7. The van der Waals surface area contributed by atoms with Gasteiger partial charge in [-0.2, -0.15) is 0 Å². The topological polar surface area (TPSA) is 20.2 Å². The van der Waals surface area contributed by atoms with Crippen molar-refractivity contribution in [2.24, 2.45) is 5.92 Å². The lowest BCUT2D eigenvalue weighted by atomic mass is 9.87. The lowest BCUT2D eigenvalue weighted by Crippen LogP contribution is -2.27. The summed E-state index contributed by atoms with van der Waals surface area (Å²) in [7, 11) is 0. The smallest absolute Gasteiger partial charge is 0.0648 e. The van der Waals surface area contributed by atoms with Crippen molar-refractivity contribution in [1.82, 2.24) is 0 Å². The lowest BCUT2D eigenvalue weighted by Gasteiger charge is -2.26. The predicted molar refractivity (Wildman–Crippen MR) is 93.7 cm³/mol. The molecule has 0 bridgehead atoms. The molecule has 2 unspecified atom stereocenters. The Labute approximate surface area is 133 Å². The predicted octanol–water partition coefficient (Wildman–Crippen LogP) is 6.63. The van der Waals surface area contributed by atoms with Crippen LogP contribution in [0.3, 0.4) is 0 Å². The Balaban J connectivity index is 2.07. The van der Waals surface area contributed by atoms with E-state index in [1.807, 2.05) is 0 Å². The molecule has 1 heteroatoms. The van der Waals surface area contributed by atoms with Gasteiger partial charge in [0.15, 0.2) is 0 Å². The minimum Gasteiger partial charge on any atom is -0.390 e. The first-order valence-electron chi connectivity index (χ1n) is 9.92. The second-order valence-electron chi connectivity index (χ2n) is 7.53. The molecule has 126 valence electrons. The lowest BCUT2D eigenvalue weighted by molar-refractivity contribution is 0.0129. The quantitative estimate of drug-likeness (QED) is 0.335. The number of rotatable bonds is 11. The molecule has 0 radical (unpaired) electrons. The van der Waals surface area contributed by atoms with E-state index in [0.717, 1.165) is 25.2 Å². The van der Waals surface area contributed by atoms with Crippen molar-refractivity contribution in [3.63, 3.8) is 0 Å². The summed E-state index contributed by atoms with van der Waals surface area (Å²) in [5.74, 6) is 0.891. The van der Waals surface area contributed by atoms with E-state index < -0.39 is 0 Å². The summed E-state index contributed by atoms with van der Waals surface area (Å²) in [6.07, 6.45) is 20.6. The fourth-order valence-corrected chi connectivity index (χ4v) is 4.00. The fourth-order valence-electron chi connectivity index (χ4n) is 4.00. The molecule has 0 heterocycles. The highest BCUT2D eigenvalue weighted by atomic mass is 16.3. The standard InChI is InChI=1S/C20H40O/c1-3-5-6-7-8-9-10-11-16-20(21)17-12-14-19(13-4-2)15-18-20/h19,21H,3-18H2,1-2H3. The Hall–Kier alpha value is -0.0400. The zero-order chi connectivity index (χ0) is 15.4. The van der Waals surface area contributed by atoms with Crippen molar-refractivity contribution in [3.05, 3.63) is 0 Å². The van der Waals surface area contributed by atoms with E-state index in [2.05, 4.69) is 13.8 Å². The summed E-state index contributed by atoms with van der Waals surface area (Å²) >= 11 is 0. The Morgan fingerprint density at radius 2 is 1.48 bits per heavy atom. The van der Waals surface area contributed by atoms with Crippen LogP contribution in [0.5, 0.6) is 0 Å². The van der Waals surface area contributed by atoms with Crippen molar-refractivity contribution >= 4 is 0 Å². The molecule has 0 saturated heterocycles. The summed E-state index contributed by atoms with van der Waals surface area (Å²) < 4.78 is 0. The first-order valence-corrected chi connectivity index (χ1v) is 9.92. The highest BCUT2D eigenvalue weighted by Crippen LogP contribution is 2.35. The summed E-state index contributed by atoms with van der Waals surface area (Å²) in [6.45, 7) is 4.57. The van der Waals surface area contributed by atoms with E-state index in [-0.39, 0.29) is 5.60 Å². The molecule has 0 spiro atoms. The van der Waals surface area contributed by atoms with Crippen LogP contribution in [0.15, 0.2) is 0 Å². The van der Waals surface area contributed by atoms with Crippen molar-refractivity contribution in [2.45, 2.75) is 122 Å². The number of aliphatic hydroxyl groups is 1. The van der Waals surface area contributed by atoms with E-state index >= 15 is 0 Å². The molecule has 21 heavy (non-hydrogen) atoms. The molecule has 2 atom stereocenters. The zero-order valence-corrected chi connectivity index (χ0v) is 14.8. The van der Waals surface area contributed by atoms with E-state index in [0.29, 0.717) is 0 Å². The maximum Gasteiger partial charge on any atom is 0.0648 e. The Kier molecular flexibility index (Phi) is 10.4. The van der Waals surface area contributed by atoms with Crippen LogP contribution >= 0.6 is 0 Å². The van der Waals surface area contributed by atoms with Crippen molar-refractivity contribution in [3.8, 4) is 0 Å². The van der Waals surface area contributed by atoms with Gasteiger partial charge >= 0.3 is 0 Å². The molecule has 0 aromatic carbocycles. The van der Waals surface area contributed by atoms with Gasteiger partial charge in [0.05, 0.1) is 5.60 Å². The second kappa shape index (κ2) is 11.5. The minimum atomic E-state index is -0.315. The Morgan fingerprint density at radius 1 is 0.810 bits per heavy atom. The highest BCUT2D eigenvalue weighted by molar-refractivity contribution is 4.83. The van der Waals surface area contributed by atoms with Crippen LogP contribution in [-0.4, -0.2) is 10.7 Å². The molecular formula is C20H40O. The van der Waals surface area contributed by atoms with Crippen LogP contribution in [0, 0.1) is 5.92 Å². The third-order valence-corrected chi connectivity index (χ3v) is 5.47. The van der Waals surface area contributed by atoms with E-state index in [1.54, 1.807) is 0 Å². The number of unbranched alkanes of at least 4 members (excludes halogenated alkanes) is 7. The Bertz CT molecular complexity index is 238. The van der Waals surface area contributed by atoms with Gasteiger partial charge in [0.2, 0.25) is 0 Å². The number of hydrogen-bond acceptors (Lipinski definition) is 1. The monoisotopic (exact) mass is 296 g/mol. The van der Waals surface area contributed by atoms with Gasteiger partial charge in [-0.05, 0) is 31.6 Å². The summed E-state index contributed by atoms with van der Waals surface area (Å²) in [5, 5.41) is 10.8. The average molecular weight is 297 g/mol. The van der Waals surface area contributed by atoms with Crippen LogP contribution in [-0.2, 0) is 0 Å². The van der Waals surface area contributed by atoms with Gasteiger partial charge in [-0.25, -0.2) is 0 Å². The number of hydrogen-bond donors (Lipinski definition) is 1. The molecule has 1 fully saturated rings. The third kappa shape index (κ3) is 8.86.